The fourth-order valence-corrected chi connectivity index (χ4v) is 3.09. The molecule has 4 unspecified atom stereocenters. The summed E-state index contributed by atoms with van der Waals surface area (Å²) in [5, 5.41) is 21.8. The molecule has 4 atom stereocenters. The Kier molecular flexibility index (Phi) is 9.10. The van der Waals surface area contributed by atoms with Gasteiger partial charge in [-0.05, 0) is 38.5 Å². The predicted octanol–water partition coefficient (Wildman–Crippen LogP) is -0.955. The highest BCUT2D eigenvalue weighted by Crippen LogP contribution is 2.12. The second kappa shape index (κ2) is 11.8. The summed E-state index contributed by atoms with van der Waals surface area (Å²) in [6.07, 6.45) is -0.296. The molecule has 2 aliphatic heterocycles. The lowest BCUT2D eigenvalue weighted by atomic mass is 10.0. The van der Waals surface area contributed by atoms with E-state index in [-0.39, 0.29) is 19.3 Å². The zero-order valence-corrected chi connectivity index (χ0v) is 19.1. The molecule has 5 amide bonds. The highest BCUT2D eigenvalue weighted by molar-refractivity contribution is 5.96. The van der Waals surface area contributed by atoms with Crippen LogP contribution in [0, 0.1) is 0 Å². The molecule has 3 rings (SSSR count). The Morgan fingerprint density at radius 1 is 0.735 bits per heavy atom. The SMILES string of the molecule is CC1NC(=O)CCC(=O)Nc2ccc(cc2)CC(C(=O)O)NC(=O)C(C)NC(=O)C(C)NC1=O. The van der Waals surface area contributed by atoms with Gasteiger partial charge >= 0.3 is 5.97 Å². The molecular weight excluding hydrogens is 446 g/mol. The van der Waals surface area contributed by atoms with Crippen LogP contribution in [0.1, 0.15) is 39.2 Å². The smallest absolute Gasteiger partial charge is 0.326 e. The van der Waals surface area contributed by atoms with E-state index in [4.69, 9.17) is 0 Å². The first-order chi connectivity index (χ1) is 16.0. The van der Waals surface area contributed by atoms with Crippen molar-refractivity contribution in [1.29, 1.82) is 0 Å². The minimum Gasteiger partial charge on any atom is -0.480 e. The zero-order valence-electron chi connectivity index (χ0n) is 19.1. The van der Waals surface area contributed by atoms with Crippen LogP contribution in [0.2, 0.25) is 0 Å². The van der Waals surface area contributed by atoms with E-state index < -0.39 is 59.7 Å². The molecular formula is C22H29N5O7. The van der Waals surface area contributed by atoms with E-state index in [1.807, 2.05) is 0 Å². The molecule has 2 aliphatic rings. The Bertz CT molecular complexity index is 963. The molecule has 12 nitrogen and oxygen atoms in total. The van der Waals surface area contributed by atoms with Gasteiger partial charge in [-0.1, -0.05) is 12.1 Å². The Balaban J connectivity index is 2.23. The molecule has 2 heterocycles. The number of rotatable bonds is 1. The van der Waals surface area contributed by atoms with Gasteiger partial charge in [-0.25, -0.2) is 4.79 Å². The van der Waals surface area contributed by atoms with E-state index in [9.17, 15) is 33.9 Å². The summed E-state index contributed by atoms with van der Waals surface area (Å²) in [4.78, 5) is 73.0. The van der Waals surface area contributed by atoms with Gasteiger partial charge in [0.1, 0.15) is 24.2 Å². The van der Waals surface area contributed by atoms with Crippen LogP contribution in [0.4, 0.5) is 5.69 Å². The molecule has 0 aromatic heterocycles. The second-order valence-electron chi connectivity index (χ2n) is 8.10. The van der Waals surface area contributed by atoms with E-state index >= 15 is 0 Å². The van der Waals surface area contributed by atoms with E-state index in [0.29, 0.717) is 11.3 Å². The van der Waals surface area contributed by atoms with Gasteiger partial charge in [0.2, 0.25) is 29.5 Å². The van der Waals surface area contributed by atoms with E-state index in [1.165, 1.54) is 20.8 Å². The molecule has 34 heavy (non-hydrogen) atoms. The van der Waals surface area contributed by atoms with Crippen LogP contribution < -0.4 is 26.6 Å². The number of aliphatic carboxylic acids is 1. The van der Waals surface area contributed by atoms with Crippen molar-refractivity contribution in [2.24, 2.45) is 0 Å². The number of benzene rings is 1. The number of hydrogen-bond acceptors (Lipinski definition) is 6. The summed E-state index contributed by atoms with van der Waals surface area (Å²) in [7, 11) is 0. The van der Waals surface area contributed by atoms with Gasteiger partial charge in [0, 0.05) is 24.9 Å². The van der Waals surface area contributed by atoms with Crippen LogP contribution in [0.25, 0.3) is 0 Å². The van der Waals surface area contributed by atoms with Gasteiger partial charge in [0.05, 0.1) is 0 Å². The average molecular weight is 476 g/mol. The molecule has 12 heteroatoms. The number of nitrogens with one attached hydrogen (secondary N) is 5. The normalized spacial score (nSPS) is 25.7. The quantitative estimate of drug-likeness (QED) is 0.283. The first kappa shape index (κ1) is 26.3. The van der Waals surface area contributed by atoms with Crippen molar-refractivity contribution in [1.82, 2.24) is 21.3 Å². The van der Waals surface area contributed by atoms with Crippen LogP contribution in [0.5, 0.6) is 0 Å². The van der Waals surface area contributed by atoms with Gasteiger partial charge in [-0.2, -0.15) is 0 Å². The fraction of sp³-hybridized carbons (Fsp3) is 0.455. The summed E-state index contributed by atoms with van der Waals surface area (Å²) >= 11 is 0. The molecule has 0 spiro atoms. The molecule has 0 aliphatic carbocycles. The molecule has 2 bridgehead atoms. The summed E-state index contributed by atoms with van der Waals surface area (Å²) in [6, 6.07) is 2.05. The fourth-order valence-electron chi connectivity index (χ4n) is 3.09. The highest BCUT2D eigenvalue weighted by atomic mass is 16.4. The van der Waals surface area contributed by atoms with Crippen LogP contribution in [-0.4, -0.2) is 64.8 Å². The minimum atomic E-state index is -1.26. The van der Waals surface area contributed by atoms with Crippen molar-refractivity contribution in [2.45, 2.75) is 64.2 Å². The molecule has 6 N–H and O–H groups in total. The lowest BCUT2D eigenvalue weighted by Gasteiger charge is -2.22. The number of carboxylic acids is 1. The average Bonchev–Trinajstić information content (AvgIpc) is 2.77. The zero-order chi connectivity index (χ0) is 25.4. The first-order valence-electron chi connectivity index (χ1n) is 10.8. The number of carboxylic acid groups (broad SMARTS) is 1. The Morgan fingerprint density at radius 3 is 1.74 bits per heavy atom. The first-order valence-corrected chi connectivity index (χ1v) is 10.8. The lowest BCUT2D eigenvalue weighted by Crippen LogP contribution is -2.56. The summed E-state index contributed by atoms with van der Waals surface area (Å²) < 4.78 is 0. The summed E-state index contributed by atoms with van der Waals surface area (Å²) in [6.45, 7) is 4.21. The lowest BCUT2D eigenvalue weighted by molar-refractivity contribution is -0.142. The Hall–Kier alpha value is -3.96. The third-order valence-corrected chi connectivity index (χ3v) is 5.15. The van der Waals surface area contributed by atoms with Gasteiger partial charge in [0.15, 0.2) is 0 Å². The molecule has 0 saturated heterocycles. The maximum atomic E-state index is 12.5. The second-order valence-corrected chi connectivity index (χ2v) is 8.10. The number of hydrogen-bond donors (Lipinski definition) is 6. The number of amides is 5. The van der Waals surface area contributed by atoms with Crippen LogP contribution in [0.3, 0.4) is 0 Å². The molecule has 1 aromatic rings. The topological polar surface area (TPSA) is 183 Å². The van der Waals surface area contributed by atoms with Crippen molar-refractivity contribution in [3.05, 3.63) is 29.8 Å². The summed E-state index contributed by atoms with van der Waals surface area (Å²) in [5.74, 6) is -4.19. The van der Waals surface area contributed by atoms with E-state index in [1.54, 1.807) is 24.3 Å². The van der Waals surface area contributed by atoms with Crippen molar-refractivity contribution >= 4 is 41.2 Å². The standard InChI is InChI=1S/C22H29N5O7/c1-11-19(30)24-12(2)20(31)25-13(3)21(32)27-16(22(33)34)10-14-4-6-15(7-5-14)26-18(29)9-8-17(28)23-11/h4-7,11-13,16H,8-10H2,1-3H3,(H,23,28)(H,24,30)(H,25,31)(H,26,29)(H,27,32)(H,33,34). The largest absolute Gasteiger partial charge is 0.480 e. The van der Waals surface area contributed by atoms with Crippen molar-refractivity contribution in [3.8, 4) is 0 Å². The maximum Gasteiger partial charge on any atom is 0.326 e. The van der Waals surface area contributed by atoms with Crippen molar-refractivity contribution < 1.29 is 33.9 Å². The Morgan fingerprint density at radius 2 is 1.21 bits per heavy atom. The number of carbonyl (C=O) groups excluding carboxylic acids is 5. The van der Waals surface area contributed by atoms with Gasteiger partial charge in [0.25, 0.3) is 0 Å². The number of anilines is 1. The van der Waals surface area contributed by atoms with Crippen molar-refractivity contribution in [3.63, 3.8) is 0 Å². The molecule has 0 saturated carbocycles. The highest BCUT2D eigenvalue weighted by Gasteiger charge is 2.27. The molecule has 0 radical (unpaired) electrons. The van der Waals surface area contributed by atoms with E-state index in [0.717, 1.165) is 0 Å². The summed E-state index contributed by atoms with van der Waals surface area (Å²) in [5.41, 5.74) is 1.05. The predicted molar refractivity (Wildman–Crippen MR) is 120 cm³/mol. The molecule has 184 valence electrons. The van der Waals surface area contributed by atoms with Gasteiger partial charge < -0.3 is 31.7 Å². The van der Waals surface area contributed by atoms with E-state index in [2.05, 4.69) is 26.6 Å². The van der Waals surface area contributed by atoms with Gasteiger partial charge in [-0.3, -0.25) is 24.0 Å². The van der Waals surface area contributed by atoms with Gasteiger partial charge in [-0.15, -0.1) is 0 Å². The minimum absolute atomic E-state index is 0.0273. The molecule has 1 aromatic carbocycles. The molecule has 0 fully saturated rings. The van der Waals surface area contributed by atoms with Crippen LogP contribution in [-0.2, 0) is 35.2 Å². The van der Waals surface area contributed by atoms with Crippen LogP contribution >= 0.6 is 0 Å². The van der Waals surface area contributed by atoms with Crippen molar-refractivity contribution in [2.75, 3.05) is 5.32 Å². The number of carbonyl (C=O) groups is 6. The third kappa shape index (κ3) is 7.87. The Labute approximate surface area is 196 Å². The monoisotopic (exact) mass is 475 g/mol. The number of fused-ring (bicyclic) bond motifs is 18. The van der Waals surface area contributed by atoms with Crippen LogP contribution in [0.15, 0.2) is 24.3 Å². The third-order valence-electron chi connectivity index (χ3n) is 5.15. The maximum absolute atomic E-state index is 12.5.